The molecule has 8 heteroatoms. The van der Waals surface area contributed by atoms with Crippen LogP contribution < -0.4 is 9.47 Å². The number of hydrogen-bond acceptors (Lipinski definition) is 7. The summed E-state index contributed by atoms with van der Waals surface area (Å²) in [6.45, 7) is 1.11. The lowest BCUT2D eigenvalue weighted by molar-refractivity contribution is -0.140. The van der Waals surface area contributed by atoms with Gasteiger partial charge in [-0.3, -0.25) is 9.59 Å². The molecule has 3 rings (SSSR count). The van der Waals surface area contributed by atoms with Crippen molar-refractivity contribution in [2.75, 3.05) is 41.4 Å². The third kappa shape index (κ3) is 4.04. The van der Waals surface area contributed by atoms with Crippen molar-refractivity contribution >= 4 is 17.4 Å². The molecule has 1 amide bonds. The molecule has 1 N–H and O–H groups in total. The van der Waals surface area contributed by atoms with Crippen LogP contribution >= 0.6 is 0 Å². The van der Waals surface area contributed by atoms with Gasteiger partial charge >= 0.3 is 0 Å². The standard InChI is InChI=1S/C22H26N2O6/c1-23(2)10-6-11-24-19(16-7-5-12-30-16)18(21(26)22(24)27)20(25)14-8-9-15(28-3)17(13-14)29-4/h5,7-9,12-13,19,25H,6,10-11H2,1-4H3/b20-18+/t19-/m0/s1. The van der Waals surface area contributed by atoms with Gasteiger partial charge in [0.15, 0.2) is 11.5 Å². The molecule has 0 saturated carbocycles. The number of ether oxygens (including phenoxy) is 2. The number of aliphatic hydroxyl groups excluding tert-OH is 1. The smallest absolute Gasteiger partial charge is 0.295 e. The predicted molar refractivity (Wildman–Crippen MR) is 110 cm³/mol. The quantitative estimate of drug-likeness (QED) is 0.403. The van der Waals surface area contributed by atoms with E-state index in [0.717, 1.165) is 6.54 Å². The average Bonchev–Trinajstić information content (AvgIpc) is 3.35. The van der Waals surface area contributed by atoms with Crippen molar-refractivity contribution in [1.82, 2.24) is 9.80 Å². The first-order chi connectivity index (χ1) is 14.4. The lowest BCUT2D eigenvalue weighted by Gasteiger charge is -2.24. The highest BCUT2D eigenvalue weighted by atomic mass is 16.5. The second-order valence-electron chi connectivity index (χ2n) is 7.23. The van der Waals surface area contributed by atoms with E-state index in [1.54, 1.807) is 30.3 Å². The number of carbonyl (C=O) groups excluding carboxylic acids is 2. The third-order valence-corrected chi connectivity index (χ3v) is 5.01. The number of hydrogen-bond donors (Lipinski definition) is 1. The maximum Gasteiger partial charge on any atom is 0.295 e. The van der Waals surface area contributed by atoms with Crippen LogP contribution in [0.3, 0.4) is 0 Å². The van der Waals surface area contributed by atoms with E-state index < -0.39 is 17.7 Å². The molecule has 0 unspecified atom stereocenters. The second kappa shape index (κ2) is 9.04. The van der Waals surface area contributed by atoms with Crippen LogP contribution in [-0.2, 0) is 9.59 Å². The zero-order valence-corrected chi connectivity index (χ0v) is 17.5. The highest BCUT2D eigenvalue weighted by molar-refractivity contribution is 6.46. The van der Waals surface area contributed by atoms with Gasteiger partial charge < -0.3 is 28.8 Å². The van der Waals surface area contributed by atoms with E-state index in [9.17, 15) is 14.7 Å². The maximum atomic E-state index is 12.9. The van der Waals surface area contributed by atoms with E-state index in [1.807, 2.05) is 19.0 Å². The normalized spacial score (nSPS) is 18.3. The van der Waals surface area contributed by atoms with Gasteiger partial charge in [0.2, 0.25) is 0 Å². The summed E-state index contributed by atoms with van der Waals surface area (Å²) in [4.78, 5) is 29.1. The number of likely N-dealkylation sites (tertiary alicyclic amines) is 1. The Bertz CT molecular complexity index is 949. The molecule has 0 radical (unpaired) electrons. The van der Waals surface area contributed by atoms with Crippen LogP contribution in [-0.4, -0.2) is 68.0 Å². The summed E-state index contributed by atoms with van der Waals surface area (Å²) >= 11 is 0. The van der Waals surface area contributed by atoms with Crippen molar-refractivity contribution in [3.8, 4) is 11.5 Å². The molecule has 1 aliphatic rings. The number of nitrogens with zero attached hydrogens (tertiary/aromatic N) is 2. The highest BCUT2D eigenvalue weighted by Gasteiger charge is 2.47. The molecule has 1 aliphatic heterocycles. The van der Waals surface area contributed by atoms with Crippen molar-refractivity contribution in [3.05, 3.63) is 53.5 Å². The number of benzene rings is 1. The summed E-state index contributed by atoms with van der Waals surface area (Å²) in [6.07, 6.45) is 2.15. The zero-order chi connectivity index (χ0) is 21.8. The van der Waals surface area contributed by atoms with Crippen LogP contribution in [0.15, 0.2) is 46.6 Å². The molecule has 1 aromatic heterocycles. The Labute approximate surface area is 175 Å². The Balaban J connectivity index is 2.06. The van der Waals surface area contributed by atoms with E-state index in [4.69, 9.17) is 13.9 Å². The SMILES string of the molecule is COc1ccc(/C(O)=C2\C(=O)C(=O)N(CCCN(C)C)[C@H]2c2ccco2)cc1OC. The van der Waals surface area contributed by atoms with Crippen LogP contribution in [0.2, 0.25) is 0 Å². The van der Waals surface area contributed by atoms with Crippen LogP contribution in [0.5, 0.6) is 11.5 Å². The summed E-state index contributed by atoms with van der Waals surface area (Å²) in [7, 11) is 6.87. The number of aliphatic hydroxyl groups is 1. The Morgan fingerprint density at radius 3 is 2.50 bits per heavy atom. The molecular weight excluding hydrogens is 388 g/mol. The van der Waals surface area contributed by atoms with Gasteiger partial charge in [-0.1, -0.05) is 0 Å². The van der Waals surface area contributed by atoms with Crippen LogP contribution in [0, 0.1) is 0 Å². The molecule has 2 heterocycles. The fraction of sp³-hybridized carbons (Fsp3) is 0.364. The molecule has 1 fully saturated rings. The topological polar surface area (TPSA) is 92.5 Å². The first-order valence-corrected chi connectivity index (χ1v) is 9.58. The molecular formula is C22H26N2O6. The van der Waals surface area contributed by atoms with Gasteiger partial charge in [-0.25, -0.2) is 0 Å². The van der Waals surface area contributed by atoms with Crippen LogP contribution in [0.4, 0.5) is 0 Å². The Kier molecular flexibility index (Phi) is 6.47. The van der Waals surface area contributed by atoms with E-state index in [1.165, 1.54) is 25.4 Å². The molecule has 1 atom stereocenters. The molecule has 1 aromatic carbocycles. The number of rotatable bonds is 8. The summed E-state index contributed by atoms with van der Waals surface area (Å²) in [5.41, 5.74) is 0.336. The molecule has 1 saturated heterocycles. The molecule has 0 aliphatic carbocycles. The van der Waals surface area contributed by atoms with Crippen LogP contribution in [0.1, 0.15) is 23.8 Å². The number of amides is 1. The molecule has 0 bridgehead atoms. The number of ketones is 1. The number of carbonyl (C=O) groups is 2. The predicted octanol–water partition coefficient (Wildman–Crippen LogP) is 2.67. The average molecular weight is 414 g/mol. The van der Waals surface area contributed by atoms with Gasteiger partial charge in [-0.05, 0) is 57.4 Å². The fourth-order valence-corrected chi connectivity index (χ4v) is 3.55. The largest absolute Gasteiger partial charge is 0.507 e. The summed E-state index contributed by atoms with van der Waals surface area (Å²) < 4.78 is 16.0. The number of methoxy groups -OCH3 is 2. The third-order valence-electron chi connectivity index (χ3n) is 5.01. The lowest BCUT2D eigenvalue weighted by atomic mass is 9.99. The first-order valence-electron chi connectivity index (χ1n) is 9.58. The minimum atomic E-state index is -0.796. The molecule has 2 aromatic rings. The van der Waals surface area contributed by atoms with E-state index in [2.05, 4.69) is 0 Å². The maximum absolute atomic E-state index is 12.9. The Hall–Kier alpha value is -3.26. The summed E-state index contributed by atoms with van der Waals surface area (Å²) in [6, 6.07) is 7.38. The van der Waals surface area contributed by atoms with Crippen molar-refractivity contribution < 1.29 is 28.6 Å². The van der Waals surface area contributed by atoms with Gasteiger partial charge in [0.25, 0.3) is 11.7 Å². The molecule has 0 spiro atoms. The summed E-state index contributed by atoms with van der Waals surface area (Å²) in [5.74, 6) is -0.380. The molecule has 30 heavy (non-hydrogen) atoms. The summed E-state index contributed by atoms with van der Waals surface area (Å²) in [5, 5.41) is 11.0. The van der Waals surface area contributed by atoms with Crippen molar-refractivity contribution in [2.45, 2.75) is 12.5 Å². The van der Waals surface area contributed by atoms with E-state index in [-0.39, 0.29) is 11.3 Å². The highest BCUT2D eigenvalue weighted by Crippen LogP contribution is 2.40. The van der Waals surface area contributed by atoms with Crippen LogP contribution in [0.25, 0.3) is 5.76 Å². The monoisotopic (exact) mass is 414 g/mol. The molecule has 8 nitrogen and oxygen atoms in total. The zero-order valence-electron chi connectivity index (χ0n) is 17.5. The van der Waals surface area contributed by atoms with Gasteiger partial charge in [0, 0.05) is 12.1 Å². The van der Waals surface area contributed by atoms with E-state index in [0.29, 0.717) is 35.8 Å². The van der Waals surface area contributed by atoms with E-state index >= 15 is 0 Å². The Morgan fingerprint density at radius 1 is 1.17 bits per heavy atom. The van der Waals surface area contributed by atoms with Gasteiger partial charge in [0.05, 0.1) is 26.1 Å². The van der Waals surface area contributed by atoms with Crippen molar-refractivity contribution in [2.24, 2.45) is 0 Å². The molecule has 160 valence electrons. The van der Waals surface area contributed by atoms with Gasteiger partial charge in [-0.2, -0.15) is 0 Å². The number of furan rings is 1. The van der Waals surface area contributed by atoms with Gasteiger partial charge in [0.1, 0.15) is 17.6 Å². The Morgan fingerprint density at radius 2 is 1.90 bits per heavy atom. The first kappa shape index (κ1) is 21.4. The minimum Gasteiger partial charge on any atom is -0.507 e. The number of Topliss-reactive ketones (excluding diaryl/α,β-unsaturated/α-hetero) is 1. The second-order valence-corrected chi connectivity index (χ2v) is 7.23. The lowest BCUT2D eigenvalue weighted by Crippen LogP contribution is -2.32. The fourth-order valence-electron chi connectivity index (χ4n) is 3.55. The van der Waals surface area contributed by atoms with Crippen molar-refractivity contribution in [1.29, 1.82) is 0 Å². The minimum absolute atomic E-state index is 0.00739. The van der Waals surface area contributed by atoms with Crippen molar-refractivity contribution in [3.63, 3.8) is 0 Å². The van der Waals surface area contributed by atoms with Gasteiger partial charge in [-0.15, -0.1) is 0 Å².